The highest BCUT2D eigenvalue weighted by molar-refractivity contribution is 7.90. The maximum absolute atomic E-state index is 13.0. The Bertz CT molecular complexity index is 1320. The van der Waals surface area contributed by atoms with Crippen molar-refractivity contribution in [1.82, 2.24) is 14.2 Å². The number of carbonyl (C=O) groups is 1. The number of rotatable bonds is 6. The van der Waals surface area contributed by atoms with Gasteiger partial charge in [0.25, 0.3) is 10.0 Å². The van der Waals surface area contributed by atoms with Gasteiger partial charge in [0.2, 0.25) is 5.91 Å². The van der Waals surface area contributed by atoms with Crippen molar-refractivity contribution in [1.29, 1.82) is 0 Å². The first-order valence-electron chi connectivity index (χ1n) is 11.4. The lowest BCUT2D eigenvalue weighted by molar-refractivity contribution is -0.117. The van der Waals surface area contributed by atoms with Crippen LogP contribution in [0.5, 0.6) is 0 Å². The maximum Gasteiger partial charge on any atom is 0.262 e. The Balaban J connectivity index is 1.31. The molecule has 0 fully saturated rings. The molecule has 0 radical (unpaired) electrons. The van der Waals surface area contributed by atoms with Crippen LogP contribution in [0, 0.1) is 0 Å². The predicted molar refractivity (Wildman–Crippen MR) is 131 cm³/mol. The minimum atomic E-state index is -3.75. The number of nitrogens with one attached hydrogen (secondary N) is 2. The fourth-order valence-corrected chi connectivity index (χ4v) is 5.72. The van der Waals surface area contributed by atoms with Gasteiger partial charge < -0.3 is 9.88 Å². The van der Waals surface area contributed by atoms with E-state index in [-0.39, 0.29) is 23.4 Å². The monoisotopic (exact) mass is 477 g/mol. The topological polar surface area (TPSA) is 95.8 Å². The second-order valence-electron chi connectivity index (χ2n) is 8.52. The SMILES string of the molecule is O=C(CN1CCn2cccc2C1c1ccccc1)Nc1cccc(S(=O)(=O)NC2=NCCC2)c1. The minimum absolute atomic E-state index is 0.0289. The fourth-order valence-electron chi connectivity index (χ4n) is 4.58. The van der Waals surface area contributed by atoms with E-state index < -0.39 is 10.0 Å². The number of amidine groups is 1. The zero-order chi connectivity index (χ0) is 23.5. The third-order valence-corrected chi connectivity index (χ3v) is 7.53. The van der Waals surface area contributed by atoms with E-state index in [0.717, 1.165) is 30.8 Å². The lowest BCUT2D eigenvalue weighted by Crippen LogP contribution is -2.42. The van der Waals surface area contributed by atoms with Crippen molar-refractivity contribution >= 4 is 27.5 Å². The van der Waals surface area contributed by atoms with Crippen molar-refractivity contribution < 1.29 is 13.2 Å². The van der Waals surface area contributed by atoms with E-state index in [4.69, 9.17) is 0 Å². The molecule has 2 aromatic carbocycles. The number of benzene rings is 2. The molecule has 0 aliphatic carbocycles. The minimum Gasteiger partial charge on any atom is -0.348 e. The summed E-state index contributed by atoms with van der Waals surface area (Å²) < 4.78 is 30.2. The molecule has 2 N–H and O–H groups in total. The van der Waals surface area contributed by atoms with E-state index in [2.05, 4.69) is 48.9 Å². The zero-order valence-electron chi connectivity index (χ0n) is 18.7. The van der Waals surface area contributed by atoms with Crippen LogP contribution >= 0.6 is 0 Å². The largest absolute Gasteiger partial charge is 0.348 e. The number of fused-ring (bicyclic) bond motifs is 1. The molecule has 3 aromatic rings. The summed E-state index contributed by atoms with van der Waals surface area (Å²) in [5.74, 6) is 0.292. The number of aromatic nitrogens is 1. The average molecular weight is 478 g/mol. The van der Waals surface area contributed by atoms with Gasteiger partial charge in [0, 0.05) is 43.6 Å². The number of hydrogen-bond acceptors (Lipinski definition) is 5. The second kappa shape index (κ2) is 9.44. The molecular weight excluding hydrogens is 450 g/mol. The number of aliphatic imine (C=N–C) groups is 1. The summed E-state index contributed by atoms with van der Waals surface area (Å²) in [4.78, 5) is 19.4. The molecule has 5 rings (SSSR count). The summed E-state index contributed by atoms with van der Waals surface area (Å²) in [6.45, 7) is 2.37. The van der Waals surface area contributed by atoms with E-state index in [1.54, 1.807) is 12.1 Å². The van der Waals surface area contributed by atoms with Crippen LogP contribution in [0.2, 0.25) is 0 Å². The molecule has 1 atom stereocenters. The van der Waals surface area contributed by atoms with Gasteiger partial charge in [-0.1, -0.05) is 36.4 Å². The molecule has 8 nitrogen and oxygen atoms in total. The van der Waals surface area contributed by atoms with Crippen molar-refractivity contribution in [2.75, 3.05) is 25.0 Å². The smallest absolute Gasteiger partial charge is 0.262 e. The van der Waals surface area contributed by atoms with Crippen LogP contribution in [-0.2, 0) is 21.4 Å². The Morgan fingerprint density at radius 2 is 1.88 bits per heavy atom. The summed E-state index contributed by atoms with van der Waals surface area (Å²) in [6, 6.07) is 20.6. The Morgan fingerprint density at radius 3 is 2.68 bits per heavy atom. The molecule has 2 aliphatic heterocycles. The first kappa shape index (κ1) is 22.4. The third kappa shape index (κ3) is 4.76. The number of carbonyl (C=O) groups excluding carboxylic acids is 1. The van der Waals surface area contributed by atoms with Crippen molar-refractivity contribution in [2.24, 2.45) is 4.99 Å². The van der Waals surface area contributed by atoms with Gasteiger partial charge in [-0.3, -0.25) is 19.4 Å². The molecule has 34 heavy (non-hydrogen) atoms. The summed E-state index contributed by atoms with van der Waals surface area (Å²) in [6.07, 6.45) is 3.54. The number of hydrogen-bond donors (Lipinski definition) is 2. The normalized spacial score (nSPS) is 18.2. The van der Waals surface area contributed by atoms with Crippen molar-refractivity contribution in [3.8, 4) is 0 Å². The Hall–Kier alpha value is -3.43. The first-order valence-corrected chi connectivity index (χ1v) is 12.9. The first-order chi connectivity index (χ1) is 16.5. The van der Waals surface area contributed by atoms with E-state index in [1.165, 1.54) is 12.1 Å². The van der Waals surface area contributed by atoms with Gasteiger partial charge in [-0.05, 0) is 42.3 Å². The van der Waals surface area contributed by atoms with Crippen LogP contribution < -0.4 is 10.0 Å². The van der Waals surface area contributed by atoms with Gasteiger partial charge in [-0.15, -0.1) is 0 Å². The lowest BCUT2D eigenvalue weighted by Gasteiger charge is -2.36. The molecule has 0 spiro atoms. The van der Waals surface area contributed by atoms with Gasteiger partial charge in [0.1, 0.15) is 5.84 Å². The van der Waals surface area contributed by atoms with E-state index >= 15 is 0 Å². The highest BCUT2D eigenvalue weighted by atomic mass is 32.2. The van der Waals surface area contributed by atoms with Crippen molar-refractivity contribution in [3.05, 3.63) is 84.2 Å². The fraction of sp³-hybridized carbons (Fsp3) is 0.280. The van der Waals surface area contributed by atoms with E-state index in [9.17, 15) is 13.2 Å². The molecule has 0 bridgehead atoms. The Labute approximate surface area is 199 Å². The summed E-state index contributed by atoms with van der Waals surface area (Å²) in [5.41, 5.74) is 2.72. The highest BCUT2D eigenvalue weighted by Crippen LogP contribution is 2.32. The molecule has 9 heteroatoms. The van der Waals surface area contributed by atoms with Crippen LogP contribution in [-0.4, -0.2) is 49.3 Å². The standard InChI is InChI=1S/C25H27N5O3S/c31-24(27-20-9-4-10-21(17-20)34(32,33)28-23-12-5-13-26-23)18-30-16-15-29-14-6-11-22(29)25(30)19-7-2-1-3-8-19/h1-4,6-11,14,17,25H,5,12-13,15-16,18H2,(H,26,28)(H,27,31). The highest BCUT2D eigenvalue weighted by Gasteiger charge is 2.30. The van der Waals surface area contributed by atoms with Crippen molar-refractivity contribution in [2.45, 2.75) is 30.3 Å². The predicted octanol–water partition coefficient (Wildman–Crippen LogP) is 3.00. The number of anilines is 1. The number of sulfonamides is 1. The lowest BCUT2D eigenvalue weighted by atomic mass is 10.00. The van der Waals surface area contributed by atoms with E-state index in [1.807, 2.05) is 24.3 Å². The zero-order valence-corrected chi connectivity index (χ0v) is 19.5. The molecule has 2 aliphatic rings. The van der Waals surface area contributed by atoms with Gasteiger partial charge >= 0.3 is 0 Å². The van der Waals surface area contributed by atoms with Crippen LogP contribution in [0.25, 0.3) is 0 Å². The van der Waals surface area contributed by atoms with Crippen molar-refractivity contribution in [3.63, 3.8) is 0 Å². The van der Waals surface area contributed by atoms with Gasteiger partial charge in [-0.2, -0.15) is 0 Å². The van der Waals surface area contributed by atoms with Crippen LogP contribution in [0.3, 0.4) is 0 Å². The second-order valence-corrected chi connectivity index (χ2v) is 10.2. The van der Waals surface area contributed by atoms with Crippen LogP contribution in [0.15, 0.2) is 82.8 Å². The molecule has 1 unspecified atom stereocenters. The molecule has 0 saturated carbocycles. The van der Waals surface area contributed by atoms with Gasteiger partial charge in [0.15, 0.2) is 0 Å². The van der Waals surface area contributed by atoms with Gasteiger partial charge in [-0.25, -0.2) is 8.42 Å². The Kier molecular flexibility index (Phi) is 6.21. The molecule has 1 aromatic heterocycles. The third-order valence-electron chi connectivity index (χ3n) is 6.15. The maximum atomic E-state index is 13.0. The van der Waals surface area contributed by atoms with Crippen LogP contribution in [0.1, 0.15) is 30.1 Å². The van der Waals surface area contributed by atoms with E-state index in [0.29, 0.717) is 24.5 Å². The molecule has 1 amide bonds. The number of amides is 1. The summed E-state index contributed by atoms with van der Waals surface area (Å²) >= 11 is 0. The average Bonchev–Trinajstić information content (AvgIpc) is 3.51. The molecular formula is C25H27N5O3S. The quantitative estimate of drug-likeness (QED) is 0.571. The number of nitrogens with zero attached hydrogens (tertiary/aromatic N) is 3. The van der Waals surface area contributed by atoms with Gasteiger partial charge in [0.05, 0.1) is 17.5 Å². The molecule has 0 saturated heterocycles. The molecule has 176 valence electrons. The Morgan fingerprint density at radius 1 is 1.03 bits per heavy atom. The molecule has 3 heterocycles. The summed E-state index contributed by atoms with van der Waals surface area (Å²) in [5, 5.41) is 2.88. The van der Waals surface area contributed by atoms with Crippen LogP contribution in [0.4, 0.5) is 5.69 Å². The summed E-state index contributed by atoms with van der Waals surface area (Å²) in [7, 11) is -3.75.